The van der Waals surface area contributed by atoms with E-state index < -0.39 is 0 Å². The summed E-state index contributed by atoms with van der Waals surface area (Å²) in [5.41, 5.74) is 5.82. The molecule has 5 heteroatoms. The second-order valence-corrected chi connectivity index (χ2v) is 11.7. The van der Waals surface area contributed by atoms with Crippen LogP contribution in [0.2, 0.25) is 0 Å². The number of hydrogen-bond donors (Lipinski definition) is 0. The molecular formula is C37H55NO4. The van der Waals surface area contributed by atoms with Crippen molar-refractivity contribution in [2.24, 2.45) is 0 Å². The monoisotopic (exact) mass is 577 g/mol. The molecule has 0 saturated heterocycles. The average Bonchev–Trinajstić information content (AvgIpc) is 2.93. The van der Waals surface area contributed by atoms with Crippen molar-refractivity contribution in [2.45, 2.75) is 113 Å². The first-order valence-electron chi connectivity index (χ1n) is 15.8. The third-order valence-electron chi connectivity index (χ3n) is 7.15. The number of fused-ring (bicyclic) bond motifs is 1. The molecule has 0 N–H and O–H groups in total. The predicted molar refractivity (Wildman–Crippen MR) is 179 cm³/mol. The zero-order chi connectivity index (χ0) is 30.9. The number of nitrogens with zero attached hydrogens (tertiary/aromatic N) is 1. The molecule has 0 amide bonds. The van der Waals surface area contributed by atoms with Crippen molar-refractivity contribution in [1.82, 2.24) is 4.57 Å². The highest BCUT2D eigenvalue weighted by atomic mass is 16.5. The molecule has 0 spiro atoms. The van der Waals surface area contributed by atoms with Gasteiger partial charge < -0.3 is 18.8 Å². The Morgan fingerprint density at radius 3 is 1.86 bits per heavy atom. The molecule has 0 radical (unpaired) electrons. The second-order valence-electron chi connectivity index (χ2n) is 11.7. The van der Waals surface area contributed by atoms with Crippen LogP contribution in [0.25, 0.3) is 10.9 Å². The number of aryl methyl sites for hydroxylation is 1. The molecule has 0 fully saturated rings. The second kappa shape index (κ2) is 19.1. The summed E-state index contributed by atoms with van der Waals surface area (Å²) >= 11 is 0. The summed E-state index contributed by atoms with van der Waals surface area (Å²) in [5, 5.41) is 0.864. The summed E-state index contributed by atoms with van der Waals surface area (Å²) in [6.07, 6.45) is 16.6. The third kappa shape index (κ3) is 12.0. The smallest absolute Gasteiger partial charge is 0.297 e. The van der Waals surface area contributed by atoms with E-state index in [1.807, 2.05) is 22.8 Å². The Balaban J connectivity index is 2.49. The molecule has 0 unspecified atom stereocenters. The van der Waals surface area contributed by atoms with Crippen LogP contribution in [0.15, 0.2) is 69.6 Å². The highest BCUT2D eigenvalue weighted by Crippen LogP contribution is 2.35. The summed E-state index contributed by atoms with van der Waals surface area (Å²) in [6.45, 7) is 19.0. The van der Waals surface area contributed by atoms with Crippen LogP contribution in [0.1, 0.15) is 107 Å². The minimum absolute atomic E-state index is 0.156. The van der Waals surface area contributed by atoms with E-state index in [4.69, 9.17) is 14.2 Å². The van der Waals surface area contributed by atoms with Gasteiger partial charge in [0.25, 0.3) is 5.56 Å². The quantitative estimate of drug-likeness (QED) is 0.123. The molecule has 232 valence electrons. The topological polar surface area (TPSA) is 49.7 Å². The SMILES string of the molecule is CCCCOc1ccc2c(OC/C=C(\C)CCC=C(C)C)c(OC/C=C(\C)CCC=C(C)C)c(=O)n(CCCC)c2c1. The Kier molecular flexibility index (Phi) is 15.9. The summed E-state index contributed by atoms with van der Waals surface area (Å²) < 4.78 is 20.5. The van der Waals surface area contributed by atoms with E-state index in [2.05, 4.69) is 79.7 Å². The molecule has 0 bridgehead atoms. The number of hydrogen-bond acceptors (Lipinski definition) is 4. The Hall–Kier alpha value is -3.21. The van der Waals surface area contributed by atoms with Gasteiger partial charge in [0, 0.05) is 18.0 Å². The molecule has 0 aliphatic carbocycles. The standard InChI is InChI=1S/C37H55NO4/c1-9-11-23-38-34-27-32(40-24-12-10-2)19-20-33(34)35(41-25-21-30(7)17-13-15-28(3)4)36(37(38)39)42-26-22-31(8)18-14-16-29(5)6/h15-16,19-22,27H,9-14,17-18,23-26H2,1-8H3/b30-21+,31-22+. The van der Waals surface area contributed by atoms with Crippen molar-refractivity contribution in [3.8, 4) is 17.2 Å². The summed E-state index contributed by atoms with van der Waals surface area (Å²) in [7, 11) is 0. The van der Waals surface area contributed by atoms with Crippen molar-refractivity contribution in [3.63, 3.8) is 0 Å². The Morgan fingerprint density at radius 1 is 0.738 bits per heavy atom. The lowest BCUT2D eigenvalue weighted by Gasteiger charge is -2.19. The van der Waals surface area contributed by atoms with Crippen LogP contribution < -0.4 is 19.8 Å². The molecule has 2 rings (SSSR count). The highest BCUT2D eigenvalue weighted by Gasteiger charge is 2.20. The molecule has 0 atom stereocenters. The fourth-order valence-corrected chi connectivity index (χ4v) is 4.53. The molecule has 0 saturated carbocycles. The minimum Gasteiger partial charge on any atom is -0.494 e. The summed E-state index contributed by atoms with van der Waals surface area (Å²) in [4.78, 5) is 14.0. The van der Waals surface area contributed by atoms with E-state index in [1.54, 1.807) is 0 Å². The van der Waals surface area contributed by atoms with E-state index in [1.165, 1.54) is 22.3 Å². The first-order chi connectivity index (χ1) is 20.2. The minimum atomic E-state index is -0.156. The number of aromatic nitrogens is 1. The maximum absolute atomic E-state index is 14.0. The lowest BCUT2D eigenvalue weighted by Crippen LogP contribution is -2.24. The van der Waals surface area contributed by atoms with Gasteiger partial charge in [-0.3, -0.25) is 4.79 Å². The maximum Gasteiger partial charge on any atom is 0.297 e. The molecule has 2 aromatic rings. The molecule has 0 aliphatic rings. The highest BCUT2D eigenvalue weighted by molar-refractivity contribution is 5.89. The van der Waals surface area contributed by atoms with E-state index in [0.717, 1.165) is 68.0 Å². The molecular weight excluding hydrogens is 522 g/mol. The molecule has 42 heavy (non-hydrogen) atoms. The number of unbranched alkanes of at least 4 members (excludes halogenated alkanes) is 2. The van der Waals surface area contributed by atoms with Crippen molar-refractivity contribution in [2.75, 3.05) is 19.8 Å². The van der Waals surface area contributed by atoms with Gasteiger partial charge in [-0.1, -0.05) is 61.1 Å². The summed E-state index contributed by atoms with van der Waals surface area (Å²) in [6, 6.07) is 5.95. The van der Waals surface area contributed by atoms with E-state index in [0.29, 0.717) is 32.1 Å². The van der Waals surface area contributed by atoms with Crippen LogP contribution >= 0.6 is 0 Å². The van der Waals surface area contributed by atoms with E-state index in [-0.39, 0.29) is 11.3 Å². The maximum atomic E-state index is 14.0. The Bertz CT molecular complexity index is 1300. The average molecular weight is 578 g/mol. The summed E-state index contributed by atoms with van der Waals surface area (Å²) in [5.74, 6) is 1.55. The lowest BCUT2D eigenvalue weighted by molar-refractivity contribution is 0.302. The molecule has 1 heterocycles. The zero-order valence-corrected chi connectivity index (χ0v) is 27.6. The van der Waals surface area contributed by atoms with E-state index in [9.17, 15) is 4.79 Å². The normalized spacial score (nSPS) is 11.9. The Labute approximate surface area is 255 Å². The van der Waals surface area contributed by atoms with Crippen molar-refractivity contribution in [3.05, 3.63) is 75.1 Å². The van der Waals surface area contributed by atoms with Gasteiger partial charge in [0.2, 0.25) is 5.75 Å². The predicted octanol–water partition coefficient (Wildman–Crippen LogP) is 10.1. The molecule has 1 aromatic heterocycles. The largest absolute Gasteiger partial charge is 0.494 e. The van der Waals surface area contributed by atoms with Crippen LogP contribution in [0.5, 0.6) is 17.2 Å². The van der Waals surface area contributed by atoms with Crippen LogP contribution in [0.4, 0.5) is 0 Å². The van der Waals surface area contributed by atoms with Gasteiger partial charge in [-0.15, -0.1) is 0 Å². The fraction of sp³-hybridized carbons (Fsp3) is 0.541. The Morgan fingerprint density at radius 2 is 1.31 bits per heavy atom. The third-order valence-corrected chi connectivity index (χ3v) is 7.15. The zero-order valence-electron chi connectivity index (χ0n) is 27.6. The van der Waals surface area contributed by atoms with Crippen molar-refractivity contribution < 1.29 is 14.2 Å². The van der Waals surface area contributed by atoms with Crippen LogP contribution in [-0.2, 0) is 6.54 Å². The number of benzene rings is 1. The van der Waals surface area contributed by atoms with Crippen LogP contribution in [0.3, 0.4) is 0 Å². The van der Waals surface area contributed by atoms with Gasteiger partial charge in [0.05, 0.1) is 12.1 Å². The number of rotatable bonds is 19. The van der Waals surface area contributed by atoms with Crippen LogP contribution in [0, 0.1) is 0 Å². The van der Waals surface area contributed by atoms with Gasteiger partial charge in [-0.05, 0) is 104 Å². The molecule has 1 aromatic carbocycles. The van der Waals surface area contributed by atoms with Crippen LogP contribution in [-0.4, -0.2) is 24.4 Å². The van der Waals surface area contributed by atoms with E-state index >= 15 is 0 Å². The number of ether oxygens (including phenoxy) is 3. The molecule has 0 aliphatic heterocycles. The van der Waals surface area contributed by atoms with Gasteiger partial charge in [0.1, 0.15) is 19.0 Å². The van der Waals surface area contributed by atoms with Crippen molar-refractivity contribution in [1.29, 1.82) is 0 Å². The number of pyridine rings is 1. The van der Waals surface area contributed by atoms with Gasteiger partial charge in [-0.25, -0.2) is 0 Å². The molecule has 5 nitrogen and oxygen atoms in total. The van der Waals surface area contributed by atoms with Crippen molar-refractivity contribution >= 4 is 10.9 Å². The van der Waals surface area contributed by atoms with Gasteiger partial charge >= 0.3 is 0 Å². The van der Waals surface area contributed by atoms with Gasteiger partial charge in [-0.2, -0.15) is 0 Å². The fourth-order valence-electron chi connectivity index (χ4n) is 4.53. The number of allylic oxidation sites excluding steroid dienone is 6. The first kappa shape index (κ1) is 35.0. The first-order valence-corrected chi connectivity index (χ1v) is 15.8. The lowest BCUT2D eigenvalue weighted by atomic mass is 10.1. The van der Waals surface area contributed by atoms with Gasteiger partial charge in [0.15, 0.2) is 5.75 Å².